The number of hydrogen-bond donors (Lipinski definition) is 1. The van der Waals surface area contributed by atoms with E-state index < -0.39 is 0 Å². The minimum absolute atomic E-state index is 0.215. The van der Waals surface area contributed by atoms with Crippen LogP contribution in [0.25, 0.3) is 0 Å². The van der Waals surface area contributed by atoms with Gasteiger partial charge in [0.2, 0.25) is 5.89 Å². The van der Waals surface area contributed by atoms with Crippen molar-refractivity contribution in [2.75, 3.05) is 7.05 Å². The largest absolute Gasteiger partial charge is 0.338 e. The number of halogens is 1. The molecule has 0 bridgehead atoms. The predicted molar refractivity (Wildman–Crippen MR) is 82.2 cm³/mol. The zero-order valence-corrected chi connectivity index (χ0v) is 13.1. The molecule has 0 amide bonds. The van der Waals surface area contributed by atoms with Crippen LogP contribution in [0.3, 0.4) is 0 Å². The molecule has 1 aliphatic rings. The molecule has 1 aromatic heterocycles. The molecule has 0 spiro atoms. The highest BCUT2D eigenvalue weighted by Crippen LogP contribution is 2.45. The second kappa shape index (κ2) is 6.16. The number of likely N-dealkylation sites (N-methyl/N-ethyl adjacent to an activating group) is 1. The molecule has 1 fully saturated rings. The highest BCUT2D eigenvalue weighted by atomic mass is 19.1. The Balaban J connectivity index is 1.95. The van der Waals surface area contributed by atoms with Gasteiger partial charge in [0.1, 0.15) is 5.82 Å². The van der Waals surface area contributed by atoms with Gasteiger partial charge in [0.15, 0.2) is 5.82 Å². The van der Waals surface area contributed by atoms with E-state index in [1.54, 1.807) is 12.1 Å². The summed E-state index contributed by atoms with van der Waals surface area (Å²) in [5, 5.41) is 7.29. The van der Waals surface area contributed by atoms with Crippen molar-refractivity contribution in [2.24, 2.45) is 0 Å². The average molecular weight is 303 g/mol. The zero-order valence-electron chi connectivity index (χ0n) is 13.1. The van der Waals surface area contributed by atoms with Crippen LogP contribution in [0.2, 0.25) is 0 Å². The third-order valence-electron chi connectivity index (χ3n) is 4.69. The van der Waals surface area contributed by atoms with Gasteiger partial charge < -0.3 is 9.84 Å². The minimum atomic E-state index is -0.323. The van der Waals surface area contributed by atoms with Crippen LogP contribution in [-0.4, -0.2) is 23.2 Å². The number of rotatable bonds is 5. The highest BCUT2D eigenvalue weighted by Gasteiger charge is 2.42. The molecule has 2 aromatic rings. The van der Waals surface area contributed by atoms with E-state index in [1.807, 2.05) is 13.1 Å². The molecule has 1 N–H and O–H groups in total. The molecule has 1 atom stereocenters. The van der Waals surface area contributed by atoms with Crippen molar-refractivity contribution < 1.29 is 8.91 Å². The van der Waals surface area contributed by atoms with Crippen LogP contribution >= 0.6 is 0 Å². The molecule has 1 saturated carbocycles. The normalized spacial score (nSPS) is 18.5. The maximum atomic E-state index is 13.7. The first-order valence-corrected chi connectivity index (χ1v) is 7.90. The average Bonchev–Trinajstić information content (AvgIpc) is 3.16. The molecule has 5 heteroatoms. The molecule has 1 aliphatic carbocycles. The molecule has 0 saturated heterocycles. The van der Waals surface area contributed by atoms with Crippen molar-refractivity contribution in [3.63, 3.8) is 0 Å². The van der Waals surface area contributed by atoms with Crippen molar-refractivity contribution in [1.29, 1.82) is 0 Å². The van der Waals surface area contributed by atoms with Gasteiger partial charge in [-0.15, -0.1) is 0 Å². The van der Waals surface area contributed by atoms with Crippen LogP contribution in [0.4, 0.5) is 4.39 Å². The number of benzene rings is 1. The van der Waals surface area contributed by atoms with Crippen molar-refractivity contribution in [3.05, 3.63) is 47.4 Å². The predicted octanol–water partition coefficient (Wildman–Crippen LogP) is 3.22. The molecular weight excluding hydrogens is 281 g/mol. The Morgan fingerprint density at radius 1 is 1.36 bits per heavy atom. The highest BCUT2D eigenvalue weighted by molar-refractivity contribution is 5.33. The quantitative estimate of drug-likeness (QED) is 0.921. The topological polar surface area (TPSA) is 51.0 Å². The molecule has 1 aromatic carbocycles. The summed E-state index contributed by atoms with van der Waals surface area (Å²) in [6, 6.07) is 7.09. The van der Waals surface area contributed by atoms with Crippen LogP contribution in [0.15, 0.2) is 28.8 Å². The lowest BCUT2D eigenvalue weighted by atomic mass is 9.78. The van der Waals surface area contributed by atoms with Gasteiger partial charge in [0, 0.05) is 12.5 Å². The Labute approximate surface area is 130 Å². The summed E-state index contributed by atoms with van der Waals surface area (Å²) in [5.74, 6) is 1.13. The van der Waals surface area contributed by atoms with Crippen LogP contribution < -0.4 is 5.32 Å². The lowest BCUT2D eigenvalue weighted by Crippen LogP contribution is -2.26. The fourth-order valence-electron chi connectivity index (χ4n) is 3.30. The molecule has 0 aliphatic heterocycles. The Bertz CT molecular complexity index is 634. The first kappa shape index (κ1) is 15.2. The van der Waals surface area contributed by atoms with Gasteiger partial charge in [0.05, 0.1) is 5.41 Å². The monoisotopic (exact) mass is 303 g/mol. The smallest absolute Gasteiger partial charge is 0.237 e. The summed E-state index contributed by atoms with van der Waals surface area (Å²) in [4.78, 5) is 4.62. The molecule has 4 nitrogen and oxygen atoms in total. The summed E-state index contributed by atoms with van der Waals surface area (Å²) < 4.78 is 19.2. The summed E-state index contributed by atoms with van der Waals surface area (Å²) in [6.45, 7) is 2.08. The van der Waals surface area contributed by atoms with Gasteiger partial charge >= 0.3 is 0 Å². The summed E-state index contributed by atoms with van der Waals surface area (Å²) in [6.07, 6.45) is 4.78. The van der Waals surface area contributed by atoms with Crippen molar-refractivity contribution in [3.8, 4) is 0 Å². The van der Waals surface area contributed by atoms with Gasteiger partial charge in [-0.25, -0.2) is 4.39 Å². The Morgan fingerprint density at radius 3 is 2.82 bits per heavy atom. The van der Waals surface area contributed by atoms with E-state index in [9.17, 15) is 4.39 Å². The van der Waals surface area contributed by atoms with Crippen molar-refractivity contribution >= 4 is 0 Å². The zero-order chi connectivity index (χ0) is 15.6. The van der Waals surface area contributed by atoms with Gasteiger partial charge in [-0.1, -0.05) is 30.1 Å². The fraction of sp³-hybridized carbons (Fsp3) is 0.529. The minimum Gasteiger partial charge on any atom is -0.338 e. The Morgan fingerprint density at radius 2 is 2.14 bits per heavy atom. The molecule has 118 valence electrons. The maximum Gasteiger partial charge on any atom is 0.237 e. The van der Waals surface area contributed by atoms with E-state index in [-0.39, 0.29) is 11.2 Å². The molecule has 3 rings (SSSR count). The standard InChI is InChI=1S/C17H22FN3O/c1-12(19-2)10-15-20-16(22-21-15)17(8-3-4-9-17)13-6-5-7-14(18)11-13/h5-7,11-12,19H,3-4,8-10H2,1-2H3. The van der Waals surface area contributed by atoms with Gasteiger partial charge in [-0.2, -0.15) is 4.98 Å². The summed E-state index contributed by atoms with van der Waals surface area (Å²) in [7, 11) is 1.91. The third kappa shape index (κ3) is 2.77. The molecule has 1 heterocycles. The Hall–Kier alpha value is -1.75. The van der Waals surface area contributed by atoms with E-state index in [1.165, 1.54) is 6.07 Å². The van der Waals surface area contributed by atoms with E-state index >= 15 is 0 Å². The lowest BCUT2D eigenvalue weighted by molar-refractivity contribution is 0.308. The van der Waals surface area contributed by atoms with Crippen LogP contribution in [0.5, 0.6) is 0 Å². The maximum absolute atomic E-state index is 13.7. The number of nitrogens with zero attached hydrogens (tertiary/aromatic N) is 2. The van der Waals surface area contributed by atoms with E-state index in [0.717, 1.165) is 37.7 Å². The molecular formula is C17H22FN3O. The lowest BCUT2D eigenvalue weighted by Gasteiger charge is -2.25. The second-order valence-electron chi connectivity index (χ2n) is 6.21. The van der Waals surface area contributed by atoms with Crippen molar-refractivity contribution in [1.82, 2.24) is 15.5 Å². The van der Waals surface area contributed by atoms with Crippen molar-refractivity contribution in [2.45, 2.75) is 50.5 Å². The van der Waals surface area contributed by atoms with E-state index in [0.29, 0.717) is 17.8 Å². The first-order chi connectivity index (χ1) is 10.6. The summed E-state index contributed by atoms with van der Waals surface area (Å²) >= 11 is 0. The number of hydrogen-bond acceptors (Lipinski definition) is 4. The first-order valence-electron chi connectivity index (χ1n) is 7.90. The Kier molecular flexibility index (Phi) is 4.25. The molecule has 0 radical (unpaired) electrons. The molecule has 22 heavy (non-hydrogen) atoms. The molecule has 1 unspecified atom stereocenters. The number of aromatic nitrogens is 2. The van der Waals surface area contributed by atoms with E-state index in [4.69, 9.17) is 4.52 Å². The number of nitrogens with one attached hydrogen (secondary N) is 1. The second-order valence-corrected chi connectivity index (χ2v) is 6.21. The fourth-order valence-corrected chi connectivity index (χ4v) is 3.30. The van der Waals surface area contributed by atoms with Crippen LogP contribution in [0.1, 0.15) is 49.9 Å². The van der Waals surface area contributed by atoms with Gasteiger partial charge in [-0.05, 0) is 44.5 Å². The SMILES string of the molecule is CNC(C)Cc1noc(C2(c3cccc(F)c3)CCCC2)n1. The van der Waals surface area contributed by atoms with Gasteiger partial charge in [0.25, 0.3) is 0 Å². The van der Waals surface area contributed by atoms with E-state index in [2.05, 4.69) is 22.4 Å². The van der Waals surface area contributed by atoms with Crippen LogP contribution in [0, 0.1) is 5.82 Å². The third-order valence-corrected chi connectivity index (χ3v) is 4.69. The van der Waals surface area contributed by atoms with Crippen LogP contribution in [-0.2, 0) is 11.8 Å². The summed E-state index contributed by atoms with van der Waals surface area (Å²) in [5.41, 5.74) is 0.623. The van der Waals surface area contributed by atoms with Gasteiger partial charge in [-0.3, -0.25) is 0 Å².